The first-order valence-corrected chi connectivity index (χ1v) is 12.1. The third-order valence-electron chi connectivity index (χ3n) is 4.45. The van der Waals surface area contributed by atoms with E-state index in [-0.39, 0.29) is 35.8 Å². The van der Waals surface area contributed by atoms with Gasteiger partial charge in [0.05, 0.1) is 19.4 Å². The molecule has 0 radical (unpaired) electrons. The van der Waals surface area contributed by atoms with E-state index in [2.05, 4.69) is 26.4 Å². The van der Waals surface area contributed by atoms with Gasteiger partial charge in [0, 0.05) is 24.7 Å². The Morgan fingerprint density at radius 1 is 1.06 bits per heavy atom. The lowest BCUT2D eigenvalue weighted by atomic mass is 10.1. The first-order valence-electron chi connectivity index (χ1n) is 10.5. The zero-order valence-electron chi connectivity index (χ0n) is 19.4. The van der Waals surface area contributed by atoms with E-state index in [1.165, 1.54) is 0 Å². The van der Waals surface area contributed by atoms with Crippen LogP contribution in [0.5, 0.6) is 5.75 Å². The van der Waals surface area contributed by atoms with Crippen LogP contribution in [0.3, 0.4) is 0 Å². The molecule has 0 saturated carbocycles. The Morgan fingerprint density at radius 3 is 2.31 bits per heavy atom. The van der Waals surface area contributed by atoms with Crippen molar-refractivity contribution in [3.05, 3.63) is 64.7 Å². The van der Waals surface area contributed by atoms with Crippen molar-refractivity contribution in [1.82, 2.24) is 15.4 Å². The van der Waals surface area contributed by atoms with Gasteiger partial charge < -0.3 is 15.4 Å². The molecule has 0 amide bonds. The summed E-state index contributed by atoms with van der Waals surface area (Å²) < 4.78 is 32.2. The predicted octanol–water partition coefficient (Wildman–Crippen LogP) is 3.70. The fourth-order valence-corrected chi connectivity index (χ4v) is 4.48. The van der Waals surface area contributed by atoms with Crippen LogP contribution < -0.4 is 20.1 Å². The molecule has 0 spiro atoms. The molecule has 7 nitrogen and oxygen atoms in total. The van der Waals surface area contributed by atoms with Crippen molar-refractivity contribution >= 4 is 40.0 Å². The maximum atomic E-state index is 12.1. The van der Waals surface area contributed by atoms with Crippen LogP contribution in [0.1, 0.15) is 43.0 Å². The Labute approximate surface area is 209 Å². The second-order valence-corrected chi connectivity index (χ2v) is 9.47. The van der Waals surface area contributed by atoms with Crippen LogP contribution in [0.2, 0.25) is 0 Å². The minimum absolute atomic E-state index is 0. The Morgan fingerprint density at radius 2 is 1.72 bits per heavy atom. The van der Waals surface area contributed by atoms with Crippen molar-refractivity contribution in [2.45, 2.75) is 52.6 Å². The van der Waals surface area contributed by atoms with Crippen LogP contribution in [-0.4, -0.2) is 34.1 Å². The summed E-state index contributed by atoms with van der Waals surface area (Å²) in [5.41, 5.74) is 3.96. The number of methoxy groups -OCH3 is 1. The van der Waals surface area contributed by atoms with E-state index in [9.17, 15) is 8.42 Å². The first-order chi connectivity index (χ1) is 14.7. The zero-order chi connectivity index (χ0) is 22.9. The van der Waals surface area contributed by atoms with E-state index < -0.39 is 10.0 Å². The van der Waals surface area contributed by atoms with Crippen LogP contribution in [0.15, 0.2) is 47.5 Å². The highest BCUT2D eigenvalue weighted by molar-refractivity contribution is 14.0. The number of nitrogens with zero attached hydrogens (tertiary/aromatic N) is 1. The summed E-state index contributed by atoms with van der Waals surface area (Å²) >= 11 is 0. The smallest absolute Gasteiger partial charge is 0.216 e. The number of hydrogen-bond donors (Lipinski definition) is 3. The van der Waals surface area contributed by atoms with Crippen LogP contribution >= 0.6 is 24.0 Å². The average molecular weight is 575 g/mol. The van der Waals surface area contributed by atoms with Crippen LogP contribution in [0, 0.1) is 6.92 Å². The van der Waals surface area contributed by atoms with Crippen LogP contribution in [0.4, 0.5) is 0 Å². The molecule has 0 aliphatic carbocycles. The third-order valence-corrected chi connectivity index (χ3v) is 5.99. The molecule has 0 aromatic heterocycles. The van der Waals surface area contributed by atoms with E-state index in [0.29, 0.717) is 19.0 Å². The third kappa shape index (κ3) is 9.74. The summed E-state index contributed by atoms with van der Waals surface area (Å²) in [6, 6.07) is 13.5. The standard InChI is InChI=1S/C23H34N4O3S.HI/c1-6-24-23(26-15-21-12-7-18(4)13-22(21)30-5)25-14-19-8-10-20(11-9-19)16-31(28,29)27-17(2)3;/h7-13,17,27H,6,14-16H2,1-5H3,(H2,24,25,26);1H. The number of ether oxygens (including phenoxy) is 1. The summed E-state index contributed by atoms with van der Waals surface area (Å²) in [6.45, 7) is 9.49. The maximum absolute atomic E-state index is 12.1. The zero-order valence-corrected chi connectivity index (χ0v) is 22.6. The Balaban J connectivity index is 0.00000512. The van der Waals surface area contributed by atoms with Gasteiger partial charge in [-0.1, -0.05) is 36.4 Å². The number of guanidine groups is 1. The average Bonchev–Trinajstić information content (AvgIpc) is 2.70. The molecule has 0 saturated heterocycles. The van der Waals surface area contributed by atoms with Crippen molar-refractivity contribution < 1.29 is 13.2 Å². The largest absolute Gasteiger partial charge is 0.496 e. The summed E-state index contributed by atoms with van der Waals surface area (Å²) in [6.07, 6.45) is 0. The molecular weight excluding hydrogens is 539 g/mol. The lowest BCUT2D eigenvalue weighted by Crippen LogP contribution is -2.36. The molecule has 2 aromatic carbocycles. The topological polar surface area (TPSA) is 91.8 Å². The molecule has 0 aliphatic heterocycles. The van der Waals surface area contributed by atoms with E-state index in [1.54, 1.807) is 7.11 Å². The maximum Gasteiger partial charge on any atom is 0.216 e. The van der Waals surface area contributed by atoms with Crippen molar-refractivity contribution in [3.63, 3.8) is 0 Å². The molecule has 3 N–H and O–H groups in total. The normalized spacial score (nSPS) is 11.8. The van der Waals surface area contributed by atoms with Crippen LogP contribution in [-0.2, 0) is 28.9 Å². The number of hydrogen-bond acceptors (Lipinski definition) is 4. The van der Waals surface area contributed by atoms with Gasteiger partial charge in [-0.15, -0.1) is 24.0 Å². The Hall–Kier alpha value is -1.85. The number of halogens is 1. The minimum Gasteiger partial charge on any atom is -0.496 e. The predicted molar refractivity (Wildman–Crippen MR) is 142 cm³/mol. The van der Waals surface area contributed by atoms with Crippen LogP contribution in [0.25, 0.3) is 0 Å². The van der Waals surface area contributed by atoms with E-state index in [0.717, 1.165) is 34.5 Å². The van der Waals surface area contributed by atoms with Gasteiger partial charge in [-0.25, -0.2) is 18.1 Å². The van der Waals surface area contributed by atoms with E-state index >= 15 is 0 Å². The Bertz CT molecular complexity index is 977. The molecule has 0 bridgehead atoms. The number of sulfonamides is 1. The number of aliphatic imine (C=N–C) groups is 1. The number of benzene rings is 2. The van der Waals surface area contributed by atoms with Gasteiger partial charge >= 0.3 is 0 Å². The van der Waals surface area contributed by atoms with Gasteiger partial charge in [-0.05, 0) is 50.5 Å². The van der Waals surface area contributed by atoms with Crippen molar-refractivity contribution in [2.24, 2.45) is 4.99 Å². The highest BCUT2D eigenvalue weighted by Crippen LogP contribution is 2.19. The van der Waals surface area contributed by atoms with Crippen molar-refractivity contribution in [3.8, 4) is 5.75 Å². The van der Waals surface area contributed by atoms with Crippen molar-refractivity contribution in [2.75, 3.05) is 13.7 Å². The molecule has 9 heteroatoms. The molecular formula is C23H35IN4O3S. The molecule has 0 unspecified atom stereocenters. The Kier molecular flexibility index (Phi) is 12.0. The SMILES string of the molecule is CCNC(=NCc1ccc(CS(=O)(=O)NC(C)C)cc1)NCc1ccc(C)cc1OC.I. The molecule has 0 fully saturated rings. The molecule has 0 heterocycles. The molecule has 2 aromatic rings. The molecule has 2 rings (SSSR count). The number of nitrogens with one attached hydrogen (secondary N) is 3. The second kappa shape index (κ2) is 13.6. The van der Waals surface area contributed by atoms with Gasteiger partial charge in [0.1, 0.15) is 5.75 Å². The van der Waals surface area contributed by atoms with Gasteiger partial charge in [0.15, 0.2) is 5.96 Å². The summed E-state index contributed by atoms with van der Waals surface area (Å²) in [7, 11) is -1.66. The van der Waals surface area contributed by atoms with Gasteiger partial charge in [0.25, 0.3) is 0 Å². The highest BCUT2D eigenvalue weighted by Gasteiger charge is 2.12. The number of rotatable bonds is 10. The van der Waals surface area contributed by atoms with Crippen molar-refractivity contribution in [1.29, 1.82) is 0 Å². The summed E-state index contributed by atoms with van der Waals surface area (Å²) in [4.78, 5) is 4.64. The lowest BCUT2D eigenvalue weighted by Gasteiger charge is -2.14. The fourth-order valence-electron chi connectivity index (χ4n) is 3.05. The summed E-state index contributed by atoms with van der Waals surface area (Å²) in [5.74, 6) is 1.52. The lowest BCUT2D eigenvalue weighted by molar-refractivity contribution is 0.408. The molecule has 178 valence electrons. The van der Waals surface area contributed by atoms with Gasteiger partial charge in [-0.3, -0.25) is 0 Å². The minimum atomic E-state index is -3.33. The molecule has 32 heavy (non-hydrogen) atoms. The van der Waals surface area contributed by atoms with Gasteiger partial charge in [-0.2, -0.15) is 0 Å². The van der Waals surface area contributed by atoms with Gasteiger partial charge in [0.2, 0.25) is 10.0 Å². The first kappa shape index (κ1) is 28.2. The fraction of sp³-hybridized carbons (Fsp3) is 0.435. The highest BCUT2D eigenvalue weighted by atomic mass is 127. The number of aryl methyl sites for hydroxylation is 1. The molecule has 0 atom stereocenters. The molecule has 0 aliphatic rings. The quantitative estimate of drug-likeness (QED) is 0.229. The summed E-state index contributed by atoms with van der Waals surface area (Å²) in [5, 5.41) is 6.58. The van der Waals surface area contributed by atoms with E-state index in [1.807, 2.05) is 64.1 Å². The monoisotopic (exact) mass is 574 g/mol. The van der Waals surface area contributed by atoms with E-state index in [4.69, 9.17) is 4.74 Å². The second-order valence-electron chi connectivity index (χ2n) is 7.71.